The molecule has 5 heteroatoms. The summed E-state index contributed by atoms with van der Waals surface area (Å²) in [7, 11) is 0. The molecule has 0 bridgehead atoms. The molecule has 0 aromatic carbocycles. The van der Waals surface area contributed by atoms with Crippen LogP contribution in [0, 0.1) is 12.8 Å². The zero-order valence-corrected chi connectivity index (χ0v) is 13.3. The summed E-state index contributed by atoms with van der Waals surface area (Å²) in [4.78, 5) is 16.4. The number of aryl methyl sites for hydroxylation is 1. The topological polar surface area (TPSA) is 74.2 Å². The molecule has 1 fully saturated rings. The van der Waals surface area contributed by atoms with Crippen LogP contribution in [0.15, 0.2) is 18.3 Å². The summed E-state index contributed by atoms with van der Waals surface area (Å²) < 4.78 is 0. The fourth-order valence-corrected chi connectivity index (χ4v) is 3.19. The van der Waals surface area contributed by atoms with Crippen molar-refractivity contribution < 1.29 is 9.90 Å². The van der Waals surface area contributed by atoms with Crippen LogP contribution in [-0.2, 0) is 6.54 Å². The van der Waals surface area contributed by atoms with Crippen LogP contribution in [-0.4, -0.2) is 28.8 Å². The van der Waals surface area contributed by atoms with Gasteiger partial charge in [0.05, 0.1) is 12.2 Å². The fraction of sp³-hybridized carbons (Fsp3) is 0.647. The lowest BCUT2D eigenvalue weighted by atomic mass is 9.83. The number of aliphatic hydroxyl groups excluding tert-OH is 1. The van der Waals surface area contributed by atoms with Crippen LogP contribution >= 0.6 is 0 Å². The first-order chi connectivity index (χ1) is 10.7. The third-order valence-corrected chi connectivity index (χ3v) is 4.51. The second-order valence-electron chi connectivity index (χ2n) is 6.11. The molecule has 3 N–H and O–H groups in total. The summed E-state index contributed by atoms with van der Waals surface area (Å²) in [6, 6.07) is 3.77. The Kier molecular flexibility index (Phi) is 6.65. The monoisotopic (exact) mass is 305 g/mol. The van der Waals surface area contributed by atoms with Crippen molar-refractivity contribution in [1.29, 1.82) is 0 Å². The Labute approximate surface area is 132 Å². The molecule has 1 atom stereocenters. The molecule has 1 saturated carbocycles. The predicted molar refractivity (Wildman–Crippen MR) is 86.4 cm³/mol. The van der Waals surface area contributed by atoms with E-state index in [0.717, 1.165) is 24.1 Å². The minimum atomic E-state index is -0.172. The van der Waals surface area contributed by atoms with Crippen LogP contribution in [0.4, 0.5) is 4.79 Å². The van der Waals surface area contributed by atoms with E-state index in [-0.39, 0.29) is 18.7 Å². The van der Waals surface area contributed by atoms with Crippen molar-refractivity contribution in [1.82, 2.24) is 15.6 Å². The lowest BCUT2D eigenvalue weighted by molar-refractivity contribution is 0.196. The van der Waals surface area contributed by atoms with Gasteiger partial charge >= 0.3 is 6.03 Å². The Morgan fingerprint density at radius 3 is 2.86 bits per heavy atom. The molecule has 0 radical (unpaired) electrons. The minimum Gasteiger partial charge on any atom is -0.396 e. The first-order valence-electron chi connectivity index (χ1n) is 8.26. The Morgan fingerprint density at radius 2 is 2.18 bits per heavy atom. The Bertz CT molecular complexity index is 473. The number of nitrogens with one attached hydrogen (secondary N) is 2. The van der Waals surface area contributed by atoms with Crippen molar-refractivity contribution in [3.63, 3.8) is 0 Å². The maximum Gasteiger partial charge on any atom is 0.315 e. The second kappa shape index (κ2) is 8.73. The lowest BCUT2D eigenvalue weighted by Crippen LogP contribution is -2.46. The van der Waals surface area contributed by atoms with Gasteiger partial charge in [0.1, 0.15) is 0 Å². The first kappa shape index (κ1) is 16.7. The lowest BCUT2D eigenvalue weighted by Gasteiger charge is -2.30. The molecule has 0 spiro atoms. The van der Waals surface area contributed by atoms with Crippen molar-refractivity contribution in [2.75, 3.05) is 6.61 Å². The molecule has 1 unspecified atom stereocenters. The second-order valence-corrected chi connectivity index (χ2v) is 6.11. The normalized spacial score (nSPS) is 17.0. The summed E-state index contributed by atoms with van der Waals surface area (Å²) in [6.45, 7) is 2.52. The number of nitrogens with zero attached hydrogens (tertiary/aromatic N) is 1. The Morgan fingerprint density at radius 1 is 1.41 bits per heavy atom. The van der Waals surface area contributed by atoms with Gasteiger partial charge in [-0.3, -0.25) is 4.98 Å². The third-order valence-electron chi connectivity index (χ3n) is 4.51. The third kappa shape index (κ3) is 4.98. The highest BCUT2D eigenvalue weighted by Crippen LogP contribution is 2.27. The van der Waals surface area contributed by atoms with Gasteiger partial charge in [0.25, 0.3) is 0 Å². The zero-order valence-electron chi connectivity index (χ0n) is 13.3. The van der Waals surface area contributed by atoms with E-state index in [1.54, 1.807) is 6.20 Å². The maximum absolute atomic E-state index is 12.1. The van der Waals surface area contributed by atoms with Gasteiger partial charge in [-0.1, -0.05) is 25.3 Å². The molecule has 5 nitrogen and oxygen atoms in total. The molecule has 1 aliphatic rings. The molecule has 2 amide bonds. The molecule has 22 heavy (non-hydrogen) atoms. The van der Waals surface area contributed by atoms with Crippen LogP contribution in [0.3, 0.4) is 0 Å². The van der Waals surface area contributed by atoms with E-state index in [1.165, 1.54) is 19.3 Å². The van der Waals surface area contributed by atoms with Gasteiger partial charge in [-0.05, 0) is 43.7 Å². The van der Waals surface area contributed by atoms with E-state index >= 15 is 0 Å². The van der Waals surface area contributed by atoms with Crippen LogP contribution in [0.25, 0.3) is 0 Å². The summed E-state index contributed by atoms with van der Waals surface area (Å²) in [6.07, 6.45) is 8.38. The van der Waals surface area contributed by atoms with E-state index in [9.17, 15) is 9.90 Å². The number of amides is 2. The average molecular weight is 305 g/mol. The summed E-state index contributed by atoms with van der Waals surface area (Å²) in [5.74, 6) is 0.489. The number of urea groups is 1. The highest BCUT2D eigenvalue weighted by molar-refractivity contribution is 5.74. The summed E-state index contributed by atoms with van der Waals surface area (Å²) in [5.41, 5.74) is 1.95. The van der Waals surface area contributed by atoms with Crippen LogP contribution in [0.5, 0.6) is 0 Å². The summed E-state index contributed by atoms with van der Waals surface area (Å²) in [5, 5.41) is 15.2. The van der Waals surface area contributed by atoms with Crippen molar-refractivity contribution in [3.8, 4) is 0 Å². The minimum absolute atomic E-state index is 0.0649. The SMILES string of the molecule is Cc1cccnc1CNC(=O)NC(CCO)C1CCCCC1. The molecule has 0 aliphatic heterocycles. The van der Waals surface area contributed by atoms with Crippen LogP contribution in [0.1, 0.15) is 49.8 Å². The number of hydrogen-bond acceptors (Lipinski definition) is 3. The zero-order chi connectivity index (χ0) is 15.8. The number of pyridine rings is 1. The van der Waals surface area contributed by atoms with Gasteiger partial charge in [0.15, 0.2) is 0 Å². The number of aromatic nitrogens is 1. The van der Waals surface area contributed by atoms with E-state index < -0.39 is 0 Å². The fourth-order valence-electron chi connectivity index (χ4n) is 3.19. The largest absolute Gasteiger partial charge is 0.396 e. The number of carbonyl (C=O) groups excluding carboxylic acids is 1. The molecular formula is C17H27N3O2. The van der Waals surface area contributed by atoms with E-state index in [0.29, 0.717) is 18.9 Å². The molecular weight excluding hydrogens is 278 g/mol. The first-order valence-corrected chi connectivity index (χ1v) is 8.26. The Hall–Kier alpha value is -1.62. The van der Waals surface area contributed by atoms with Gasteiger partial charge in [0.2, 0.25) is 0 Å². The molecule has 1 aliphatic carbocycles. The average Bonchev–Trinajstić information content (AvgIpc) is 2.54. The van der Waals surface area contributed by atoms with Gasteiger partial charge in [-0.15, -0.1) is 0 Å². The number of aliphatic hydroxyl groups is 1. The number of carbonyl (C=O) groups is 1. The smallest absolute Gasteiger partial charge is 0.315 e. The van der Waals surface area contributed by atoms with Crippen molar-refractivity contribution in [2.24, 2.45) is 5.92 Å². The van der Waals surface area contributed by atoms with Gasteiger partial charge in [0, 0.05) is 18.8 Å². The van der Waals surface area contributed by atoms with E-state index in [2.05, 4.69) is 15.6 Å². The standard InChI is InChI=1S/C17H27N3O2/c1-13-6-5-10-18-16(13)12-19-17(22)20-15(9-11-21)14-7-3-2-4-8-14/h5-6,10,14-15,21H,2-4,7-9,11-12H2,1H3,(H2,19,20,22). The molecule has 1 aromatic heterocycles. The highest BCUT2D eigenvalue weighted by Gasteiger charge is 2.24. The van der Waals surface area contributed by atoms with Crippen LogP contribution in [0.2, 0.25) is 0 Å². The van der Waals surface area contributed by atoms with Gasteiger partial charge < -0.3 is 15.7 Å². The quantitative estimate of drug-likeness (QED) is 0.756. The number of hydrogen-bond donors (Lipinski definition) is 3. The highest BCUT2D eigenvalue weighted by atomic mass is 16.3. The van der Waals surface area contributed by atoms with E-state index in [1.807, 2.05) is 19.1 Å². The van der Waals surface area contributed by atoms with E-state index in [4.69, 9.17) is 0 Å². The molecule has 1 heterocycles. The van der Waals surface area contributed by atoms with Crippen molar-refractivity contribution >= 4 is 6.03 Å². The predicted octanol–water partition coefficient (Wildman–Crippen LogP) is 2.52. The van der Waals surface area contributed by atoms with Crippen LogP contribution < -0.4 is 10.6 Å². The van der Waals surface area contributed by atoms with Gasteiger partial charge in [-0.2, -0.15) is 0 Å². The molecule has 122 valence electrons. The maximum atomic E-state index is 12.1. The van der Waals surface area contributed by atoms with Crippen molar-refractivity contribution in [2.45, 2.75) is 58.0 Å². The molecule has 2 rings (SSSR count). The Balaban J connectivity index is 1.84. The summed E-state index contributed by atoms with van der Waals surface area (Å²) >= 11 is 0. The van der Waals surface area contributed by atoms with Crippen molar-refractivity contribution in [3.05, 3.63) is 29.6 Å². The molecule has 1 aromatic rings. The van der Waals surface area contributed by atoms with Gasteiger partial charge in [-0.25, -0.2) is 4.79 Å². The molecule has 0 saturated heterocycles. The number of rotatable bonds is 6.